The average molecular weight is 408 g/mol. The topological polar surface area (TPSA) is 92.8 Å². The predicted octanol–water partition coefficient (Wildman–Crippen LogP) is 2.29. The van der Waals surface area contributed by atoms with Gasteiger partial charge in [-0.25, -0.2) is 8.42 Å². The van der Waals surface area contributed by atoms with Crippen LogP contribution in [0.4, 0.5) is 18.9 Å². The number of benzene rings is 1. The molecule has 1 saturated heterocycles. The van der Waals surface area contributed by atoms with Crippen LogP contribution in [0.3, 0.4) is 0 Å². The minimum atomic E-state index is -5.05. The van der Waals surface area contributed by atoms with E-state index >= 15 is 0 Å². The summed E-state index contributed by atoms with van der Waals surface area (Å²) < 4.78 is 68.5. The fourth-order valence-electron chi connectivity index (χ4n) is 2.71. The highest BCUT2D eigenvalue weighted by Crippen LogP contribution is 2.27. The molecular formula is C16H19F3N2O5S. The second-order valence-corrected chi connectivity index (χ2v) is 7.75. The summed E-state index contributed by atoms with van der Waals surface area (Å²) in [6, 6.07) is 3.34. The molecule has 2 rings (SSSR count). The van der Waals surface area contributed by atoms with E-state index in [9.17, 15) is 31.2 Å². The lowest BCUT2D eigenvalue weighted by Crippen LogP contribution is -2.48. The van der Waals surface area contributed by atoms with E-state index < -0.39 is 34.1 Å². The van der Waals surface area contributed by atoms with Gasteiger partial charge in [-0.05, 0) is 50.5 Å². The summed E-state index contributed by atoms with van der Waals surface area (Å²) in [5.41, 5.74) is -0.197. The SMILES string of the molecule is CCOC(=O)C1CCCCN1S(=O)(=O)c1ccc(NC(=O)C(F)(F)F)cc1. The van der Waals surface area contributed by atoms with Crippen LogP contribution in [0.1, 0.15) is 26.2 Å². The first-order valence-electron chi connectivity index (χ1n) is 8.24. The Balaban J connectivity index is 2.22. The molecule has 7 nitrogen and oxygen atoms in total. The van der Waals surface area contributed by atoms with E-state index in [-0.39, 0.29) is 23.7 Å². The Labute approximate surface area is 154 Å². The van der Waals surface area contributed by atoms with Crippen LogP contribution in [0.25, 0.3) is 0 Å². The van der Waals surface area contributed by atoms with Gasteiger partial charge in [0.1, 0.15) is 6.04 Å². The van der Waals surface area contributed by atoms with Gasteiger partial charge in [0.05, 0.1) is 11.5 Å². The number of esters is 1. The van der Waals surface area contributed by atoms with Crippen molar-refractivity contribution >= 4 is 27.6 Å². The number of carbonyl (C=O) groups excluding carboxylic acids is 2. The standard InChI is InChI=1S/C16H19F3N2O5S/c1-2-26-14(22)13-5-3-4-10-21(13)27(24,25)12-8-6-11(7-9-12)20-15(23)16(17,18)19/h6-9,13H,2-5,10H2,1H3,(H,20,23). The molecule has 0 aliphatic carbocycles. The number of amides is 1. The minimum absolute atomic E-state index is 0.122. The van der Waals surface area contributed by atoms with Crippen LogP contribution in [-0.2, 0) is 24.3 Å². The Bertz CT molecular complexity index is 793. The van der Waals surface area contributed by atoms with Gasteiger partial charge in [0, 0.05) is 12.2 Å². The molecule has 0 saturated carbocycles. The van der Waals surface area contributed by atoms with Gasteiger partial charge in [-0.1, -0.05) is 0 Å². The van der Waals surface area contributed by atoms with Crippen LogP contribution in [-0.4, -0.2) is 50.0 Å². The Hall–Kier alpha value is -2.14. The molecule has 27 heavy (non-hydrogen) atoms. The van der Waals surface area contributed by atoms with Gasteiger partial charge in [-0.15, -0.1) is 0 Å². The number of ether oxygens (including phenoxy) is 1. The number of nitrogens with zero attached hydrogens (tertiary/aromatic N) is 1. The lowest BCUT2D eigenvalue weighted by Gasteiger charge is -2.32. The van der Waals surface area contributed by atoms with Crippen LogP contribution >= 0.6 is 0 Å². The van der Waals surface area contributed by atoms with Crippen LogP contribution in [0.15, 0.2) is 29.2 Å². The summed E-state index contributed by atoms with van der Waals surface area (Å²) in [5.74, 6) is -2.79. The maximum atomic E-state index is 12.8. The second-order valence-electron chi connectivity index (χ2n) is 5.86. The third kappa shape index (κ3) is 4.98. The van der Waals surface area contributed by atoms with Crippen molar-refractivity contribution in [2.24, 2.45) is 0 Å². The van der Waals surface area contributed by atoms with Crippen molar-refractivity contribution in [2.45, 2.75) is 43.3 Å². The molecule has 1 aliphatic heterocycles. The molecule has 1 aromatic carbocycles. The highest BCUT2D eigenvalue weighted by Gasteiger charge is 2.40. The first-order chi connectivity index (χ1) is 12.6. The normalized spacial score (nSPS) is 18.7. The van der Waals surface area contributed by atoms with Gasteiger partial charge in [0.15, 0.2) is 0 Å². The summed E-state index contributed by atoms with van der Waals surface area (Å²) in [4.78, 5) is 22.8. The average Bonchev–Trinajstić information content (AvgIpc) is 2.61. The number of carbonyl (C=O) groups is 2. The molecule has 1 heterocycles. The zero-order valence-corrected chi connectivity index (χ0v) is 15.3. The van der Waals surface area contributed by atoms with Gasteiger partial charge in [0.25, 0.3) is 0 Å². The monoisotopic (exact) mass is 408 g/mol. The van der Waals surface area contributed by atoms with Crippen molar-refractivity contribution < 1.29 is 35.9 Å². The molecule has 11 heteroatoms. The Morgan fingerprint density at radius 3 is 2.41 bits per heavy atom. The zero-order chi connectivity index (χ0) is 20.2. The number of alkyl halides is 3. The number of piperidine rings is 1. The van der Waals surface area contributed by atoms with Crippen molar-refractivity contribution in [1.29, 1.82) is 0 Å². The van der Waals surface area contributed by atoms with E-state index in [0.717, 1.165) is 28.6 Å². The van der Waals surface area contributed by atoms with E-state index in [0.29, 0.717) is 19.3 Å². The summed E-state index contributed by atoms with van der Waals surface area (Å²) >= 11 is 0. The van der Waals surface area contributed by atoms with E-state index in [1.54, 1.807) is 12.2 Å². The zero-order valence-electron chi connectivity index (χ0n) is 14.5. The third-order valence-electron chi connectivity index (χ3n) is 3.99. The van der Waals surface area contributed by atoms with Crippen molar-refractivity contribution in [3.63, 3.8) is 0 Å². The van der Waals surface area contributed by atoms with Gasteiger partial charge in [-0.3, -0.25) is 9.59 Å². The van der Waals surface area contributed by atoms with Crippen LogP contribution in [0.2, 0.25) is 0 Å². The number of anilines is 1. The number of hydrogen-bond donors (Lipinski definition) is 1. The molecule has 1 aromatic rings. The molecule has 0 radical (unpaired) electrons. The quantitative estimate of drug-likeness (QED) is 0.755. The van der Waals surface area contributed by atoms with Crippen molar-refractivity contribution in [2.75, 3.05) is 18.5 Å². The molecule has 150 valence electrons. The van der Waals surface area contributed by atoms with E-state index in [2.05, 4.69) is 0 Å². The highest BCUT2D eigenvalue weighted by atomic mass is 32.2. The van der Waals surface area contributed by atoms with Gasteiger partial charge >= 0.3 is 18.1 Å². The molecule has 1 N–H and O–H groups in total. The first kappa shape index (κ1) is 21.2. The third-order valence-corrected chi connectivity index (χ3v) is 5.91. The van der Waals surface area contributed by atoms with Gasteiger partial charge < -0.3 is 10.1 Å². The number of nitrogens with one attached hydrogen (secondary N) is 1. The van der Waals surface area contributed by atoms with Crippen LogP contribution < -0.4 is 5.32 Å². The van der Waals surface area contributed by atoms with Crippen LogP contribution in [0.5, 0.6) is 0 Å². The molecule has 1 aliphatic rings. The van der Waals surface area contributed by atoms with Crippen molar-refractivity contribution in [1.82, 2.24) is 4.31 Å². The summed E-state index contributed by atoms with van der Waals surface area (Å²) in [6.45, 7) is 1.88. The Morgan fingerprint density at radius 1 is 1.22 bits per heavy atom. The van der Waals surface area contributed by atoms with Gasteiger partial charge in [-0.2, -0.15) is 17.5 Å². The Morgan fingerprint density at radius 2 is 1.85 bits per heavy atom. The maximum absolute atomic E-state index is 12.8. The summed E-state index contributed by atoms with van der Waals surface area (Å²) in [7, 11) is -4.05. The fraction of sp³-hybridized carbons (Fsp3) is 0.500. The molecule has 0 spiro atoms. The molecule has 1 atom stereocenters. The highest BCUT2D eigenvalue weighted by molar-refractivity contribution is 7.89. The van der Waals surface area contributed by atoms with Crippen LogP contribution in [0, 0.1) is 0 Å². The van der Waals surface area contributed by atoms with Gasteiger partial charge in [0.2, 0.25) is 10.0 Å². The smallest absolute Gasteiger partial charge is 0.465 e. The largest absolute Gasteiger partial charge is 0.471 e. The second kappa shape index (κ2) is 8.26. The maximum Gasteiger partial charge on any atom is 0.471 e. The Kier molecular flexibility index (Phi) is 6.47. The number of hydrogen-bond acceptors (Lipinski definition) is 5. The lowest BCUT2D eigenvalue weighted by atomic mass is 10.1. The minimum Gasteiger partial charge on any atom is -0.465 e. The first-order valence-corrected chi connectivity index (χ1v) is 9.68. The summed E-state index contributed by atoms with van der Waals surface area (Å²) in [5, 5.41) is 1.64. The van der Waals surface area contributed by atoms with Crippen molar-refractivity contribution in [3.05, 3.63) is 24.3 Å². The molecule has 1 fully saturated rings. The van der Waals surface area contributed by atoms with E-state index in [1.807, 2.05) is 0 Å². The molecule has 1 unspecified atom stereocenters. The molecular weight excluding hydrogens is 389 g/mol. The van der Waals surface area contributed by atoms with E-state index in [1.165, 1.54) is 0 Å². The van der Waals surface area contributed by atoms with Crippen molar-refractivity contribution in [3.8, 4) is 0 Å². The molecule has 1 amide bonds. The number of halogens is 3. The molecule has 0 aromatic heterocycles. The predicted molar refractivity (Wildman–Crippen MR) is 89.3 cm³/mol. The summed E-state index contributed by atoms with van der Waals surface area (Å²) in [6.07, 6.45) is -3.46. The number of rotatable bonds is 5. The number of sulfonamides is 1. The lowest BCUT2D eigenvalue weighted by molar-refractivity contribution is -0.167. The fourth-order valence-corrected chi connectivity index (χ4v) is 4.36. The van der Waals surface area contributed by atoms with E-state index in [4.69, 9.17) is 4.74 Å². The molecule has 0 bridgehead atoms.